The largest absolute Gasteiger partial charge is 0.497 e. The number of alkyl halides is 6. The van der Waals surface area contributed by atoms with E-state index in [1.54, 1.807) is 24.3 Å². The Hall–Kier alpha value is -2.97. The van der Waals surface area contributed by atoms with E-state index in [9.17, 15) is 26.3 Å². The second kappa shape index (κ2) is 6.64. The Morgan fingerprint density at radius 3 is 1.89 bits per heavy atom. The van der Waals surface area contributed by atoms with Crippen LogP contribution < -0.4 is 4.74 Å². The highest BCUT2D eigenvalue weighted by atomic mass is 19.4. The van der Waals surface area contributed by atoms with E-state index in [1.165, 1.54) is 24.2 Å². The molecule has 0 amide bonds. The first-order valence-electron chi connectivity index (χ1n) is 7.56. The average Bonchev–Trinajstić information content (AvgIpc) is 3.09. The van der Waals surface area contributed by atoms with Gasteiger partial charge in [0.1, 0.15) is 5.75 Å². The predicted octanol–water partition coefficient (Wildman–Crippen LogP) is 5.59. The van der Waals surface area contributed by atoms with Gasteiger partial charge in [0.15, 0.2) is 0 Å². The number of rotatable bonds is 3. The summed E-state index contributed by atoms with van der Waals surface area (Å²) in [6.07, 6.45) is -7.31. The van der Waals surface area contributed by atoms with Gasteiger partial charge >= 0.3 is 12.4 Å². The first kappa shape index (κ1) is 18.8. The van der Waals surface area contributed by atoms with E-state index in [4.69, 9.17) is 4.74 Å². The van der Waals surface area contributed by atoms with Crippen LogP contribution in [0.1, 0.15) is 11.1 Å². The van der Waals surface area contributed by atoms with Crippen LogP contribution in [0.5, 0.6) is 5.75 Å². The monoisotopic (exact) mass is 386 g/mol. The Morgan fingerprint density at radius 1 is 0.852 bits per heavy atom. The third kappa shape index (κ3) is 3.91. The van der Waals surface area contributed by atoms with Gasteiger partial charge in [0.2, 0.25) is 0 Å². The van der Waals surface area contributed by atoms with Crippen molar-refractivity contribution in [2.45, 2.75) is 12.4 Å². The van der Waals surface area contributed by atoms with Gasteiger partial charge in [-0.15, -0.1) is 0 Å². The van der Waals surface area contributed by atoms with E-state index < -0.39 is 23.5 Å². The summed E-state index contributed by atoms with van der Waals surface area (Å²) in [4.78, 5) is 3.87. The summed E-state index contributed by atoms with van der Waals surface area (Å²) in [5, 5.41) is 0. The molecule has 0 aliphatic rings. The molecule has 0 aliphatic heterocycles. The zero-order chi connectivity index (χ0) is 19.8. The Kier molecular flexibility index (Phi) is 4.63. The van der Waals surface area contributed by atoms with E-state index in [-0.39, 0.29) is 17.3 Å². The molecule has 2 aromatic carbocycles. The highest BCUT2D eigenvalue weighted by molar-refractivity contribution is 5.64. The van der Waals surface area contributed by atoms with Gasteiger partial charge in [0.25, 0.3) is 0 Å². The van der Waals surface area contributed by atoms with Crippen LogP contribution in [0.3, 0.4) is 0 Å². The number of methoxy groups -OCH3 is 1. The van der Waals surface area contributed by atoms with Gasteiger partial charge in [-0.25, -0.2) is 4.98 Å². The van der Waals surface area contributed by atoms with E-state index in [0.717, 1.165) is 0 Å². The molecule has 0 N–H and O–H groups in total. The van der Waals surface area contributed by atoms with Crippen molar-refractivity contribution in [2.24, 2.45) is 0 Å². The molecular formula is C18H12F6N2O. The van der Waals surface area contributed by atoms with Crippen LogP contribution in [0.15, 0.2) is 55.0 Å². The minimum Gasteiger partial charge on any atom is -0.497 e. The quantitative estimate of drug-likeness (QED) is 0.549. The second-order valence-electron chi connectivity index (χ2n) is 5.64. The fraction of sp³-hybridized carbons (Fsp3) is 0.167. The van der Waals surface area contributed by atoms with Crippen molar-refractivity contribution in [3.63, 3.8) is 0 Å². The molecule has 3 rings (SSSR count). The number of nitrogens with zero attached hydrogens (tertiary/aromatic N) is 2. The molecule has 0 saturated carbocycles. The van der Waals surface area contributed by atoms with E-state index >= 15 is 0 Å². The summed E-state index contributed by atoms with van der Waals surface area (Å²) < 4.78 is 84.9. The molecule has 0 spiro atoms. The molecule has 3 aromatic rings. The Balaban J connectivity index is 2.15. The molecule has 0 unspecified atom stereocenters. The number of benzene rings is 2. The van der Waals surface area contributed by atoms with Crippen molar-refractivity contribution in [3.05, 3.63) is 66.1 Å². The van der Waals surface area contributed by atoms with Gasteiger partial charge in [-0.05, 0) is 42.5 Å². The Morgan fingerprint density at radius 2 is 1.41 bits per heavy atom. The second-order valence-corrected chi connectivity index (χ2v) is 5.64. The lowest BCUT2D eigenvalue weighted by Crippen LogP contribution is -2.11. The van der Waals surface area contributed by atoms with Crippen LogP contribution in [-0.2, 0) is 12.4 Å². The normalized spacial score (nSPS) is 12.3. The summed E-state index contributed by atoms with van der Waals surface area (Å²) in [5.41, 5.74) is -2.40. The SMILES string of the molecule is COc1ccc(-n2cncc2-c2cc(C(F)(F)F)cc(C(F)(F)F)c2)cc1. The number of hydrogen-bond acceptors (Lipinski definition) is 2. The predicted molar refractivity (Wildman–Crippen MR) is 85.6 cm³/mol. The molecule has 1 heterocycles. The number of halogens is 6. The zero-order valence-electron chi connectivity index (χ0n) is 13.8. The van der Waals surface area contributed by atoms with Crippen LogP contribution in [0.25, 0.3) is 16.9 Å². The molecule has 142 valence electrons. The van der Waals surface area contributed by atoms with Crippen molar-refractivity contribution in [3.8, 4) is 22.7 Å². The minimum absolute atomic E-state index is 0.0942. The molecule has 1 aromatic heterocycles. The fourth-order valence-electron chi connectivity index (χ4n) is 2.56. The molecule has 0 fully saturated rings. The van der Waals surface area contributed by atoms with E-state index in [1.807, 2.05) is 0 Å². The van der Waals surface area contributed by atoms with Crippen LogP contribution >= 0.6 is 0 Å². The van der Waals surface area contributed by atoms with Gasteiger partial charge in [0.05, 0.1) is 36.5 Å². The van der Waals surface area contributed by atoms with E-state index in [2.05, 4.69) is 4.98 Å². The molecule has 0 saturated heterocycles. The lowest BCUT2D eigenvalue weighted by molar-refractivity contribution is -0.143. The average molecular weight is 386 g/mol. The fourth-order valence-corrected chi connectivity index (χ4v) is 2.56. The lowest BCUT2D eigenvalue weighted by atomic mass is 10.0. The number of hydrogen-bond donors (Lipinski definition) is 0. The minimum atomic E-state index is -4.92. The lowest BCUT2D eigenvalue weighted by Gasteiger charge is -2.15. The molecule has 0 bridgehead atoms. The smallest absolute Gasteiger partial charge is 0.416 e. The molecule has 3 nitrogen and oxygen atoms in total. The van der Waals surface area contributed by atoms with Crippen molar-refractivity contribution < 1.29 is 31.1 Å². The van der Waals surface area contributed by atoms with Crippen molar-refractivity contribution in [2.75, 3.05) is 7.11 Å². The van der Waals surface area contributed by atoms with Crippen LogP contribution in [0.2, 0.25) is 0 Å². The van der Waals surface area contributed by atoms with Crippen LogP contribution in [0.4, 0.5) is 26.3 Å². The van der Waals surface area contributed by atoms with Gasteiger partial charge < -0.3 is 4.74 Å². The molecule has 0 radical (unpaired) electrons. The first-order valence-corrected chi connectivity index (χ1v) is 7.56. The maximum atomic E-state index is 13.1. The van der Waals surface area contributed by atoms with Crippen LogP contribution in [0, 0.1) is 0 Å². The molecule has 9 heteroatoms. The Bertz CT molecular complexity index is 909. The van der Waals surface area contributed by atoms with Gasteiger partial charge in [0, 0.05) is 11.3 Å². The number of imidazole rings is 1. The van der Waals surface area contributed by atoms with Gasteiger partial charge in [-0.1, -0.05) is 0 Å². The molecule has 27 heavy (non-hydrogen) atoms. The van der Waals surface area contributed by atoms with Crippen molar-refractivity contribution in [1.29, 1.82) is 0 Å². The highest BCUT2D eigenvalue weighted by Gasteiger charge is 2.37. The molecule has 0 aliphatic carbocycles. The number of ether oxygens (including phenoxy) is 1. The van der Waals surface area contributed by atoms with Crippen LogP contribution in [-0.4, -0.2) is 16.7 Å². The summed E-state index contributed by atoms with van der Waals surface area (Å²) in [5.74, 6) is 0.554. The standard InChI is InChI=1S/C18H12F6N2O/c1-27-15-4-2-14(3-5-15)26-10-25-9-16(26)11-6-12(17(19,20)21)8-13(7-11)18(22,23)24/h2-10H,1H3. The maximum Gasteiger partial charge on any atom is 0.416 e. The summed E-state index contributed by atoms with van der Waals surface area (Å²) >= 11 is 0. The molecular weight excluding hydrogens is 374 g/mol. The van der Waals surface area contributed by atoms with Crippen molar-refractivity contribution >= 4 is 0 Å². The van der Waals surface area contributed by atoms with Gasteiger partial charge in [-0.2, -0.15) is 26.3 Å². The van der Waals surface area contributed by atoms with Crippen molar-refractivity contribution in [1.82, 2.24) is 9.55 Å². The first-order chi connectivity index (χ1) is 12.6. The highest BCUT2D eigenvalue weighted by Crippen LogP contribution is 2.39. The third-order valence-corrected chi connectivity index (χ3v) is 3.87. The zero-order valence-corrected chi connectivity index (χ0v) is 13.8. The van der Waals surface area contributed by atoms with E-state index in [0.29, 0.717) is 23.6 Å². The topological polar surface area (TPSA) is 27.1 Å². The summed E-state index contributed by atoms with van der Waals surface area (Å²) in [6.45, 7) is 0. The third-order valence-electron chi connectivity index (χ3n) is 3.87. The molecule has 0 atom stereocenters. The summed E-state index contributed by atoms with van der Waals surface area (Å²) in [6, 6.07) is 7.90. The van der Waals surface area contributed by atoms with Gasteiger partial charge in [-0.3, -0.25) is 4.57 Å². The summed E-state index contributed by atoms with van der Waals surface area (Å²) in [7, 11) is 1.47. The Labute approximate surface area is 149 Å². The maximum absolute atomic E-state index is 13.1. The number of aromatic nitrogens is 2.